The van der Waals surface area contributed by atoms with Crippen LogP contribution in [-0.4, -0.2) is 74.9 Å². The van der Waals surface area contributed by atoms with Gasteiger partial charge in [-0.3, -0.25) is 0 Å². The minimum atomic E-state index is -0.193. The number of aromatic nitrogens is 4. The monoisotopic (exact) mass is 428 g/mol. The van der Waals surface area contributed by atoms with Crippen LogP contribution in [-0.2, 0) is 4.74 Å². The summed E-state index contributed by atoms with van der Waals surface area (Å²) in [5.74, 6) is 1.70. The normalized spacial score (nSPS) is 22.3. The first kappa shape index (κ1) is 20.3. The molecule has 31 heavy (non-hydrogen) atoms. The van der Waals surface area contributed by atoms with Crippen LogP contribution in [0.15, 0.2) is 6.20 Å². The molecular weight excluding hydrogens is 396 g/mol. The number of anilines is 2. The molecule has 10 heteroatoms. The molecule has 0 spiro atoms. The summed E-state index contributed by atoms with van der Waals surface area (Å²) in [5, 5.41) is 14.8. The molecule has 1 atom stereocenters. The number of hydrogen-bond acceptors (Lipinski definition) is 8. The summed E-state index contributed by atoms with van der Waals surface area (Å²) >= 11 is 0. The Hall–Kier alpha value is -2.62. The highest BCUT2D eigenvalue weighted by Crippen LogP contribution is 2.27. The van der Waals surface area contributed by atoms with Gasteiger partial charge in [0.25, 0.3) is 0 Å². The first-order chi connectivity index (χ1) is 15.1. The molecule has 5 rings (SSSR count). The summed E-state index contributed by atoms with van der Waals surface area (Å²) in [7, 11) is 0. The summed E-state index contributed by atoms with van der Waals surface area (Å²) in [6, 6.07) is 0.695. The van der Waals surface area contributed by atoms with Crippen LogP contribution in [0.25, 0.3) is 5.65 Å². The Morgan fingerprint density at radius 3 is 2.58 bits per heavy atom. The number of piperidine rings is 1. The smallest absolute Gasteiger partial charge is 0.410 e. The number of ether oxygens (including phenoxy) is 1. The van der Waals surface area contributed by atoms with E-state index in [1.54, 1.807) is 4.52 Å². The molecule has 1 amide bonds. The van der Waals surface area contributed by atoms with E-state index < -0.39 is 0 Å². The van der Waals surface area contributed by atoms with Gasteiger partial charge in [0.15, 0.2) is 5.65 Å². The van der Waals surface area contributed by atoms with Gasteiger partial charge >= 0.3 is 6.09 Å². The average molecular weight is 429 g/mol. The van der Waals surface area contributed by atoms with Gasteiger partial charge in [-0.15, -0.1) is 0 Å². The number of amides is 1. The predicted octanol–water partition coefficient (Wildman–Crippen LogP) is 2.20. The van der Waals surface area contributed by atoms with Crippen molar-refractivity contribution in [3.63, 3.8) is 0 Å². The molecule has 4 heterocycles. The molecule has 2 aliphatic heterocycles. The van der Waals surface area contributed by atoms with Crippen LogP contribution in [0, 0.1) is 0 Å². The van der Waals surface area contributed by atoms with Crippen molar-refractivity contribution >= 4 is 23.6 Å². The third-order valence-corrected chi connectivity index (χ3v) is 6.30. The van der Waals surface area contributed by atoms with Gasteiger partial charge < -0.3 is 25.6 Å². The van der Waals surface area contributed by atoms with Gasteiger partial charge in [-0.2, -0.15) is 19.6 Å². The van der Waals surface area contributed by atoms with E-state index in [9.17, 15) is 4.79 Å². The molecule has 1 aliphatic carbocycles. The fraction of sp³-hybridized carbons (Fsp3) is 0.714. The lowest BCUT2D eigenvalue weighted by molar-refractivity contribution is 0.0640. The van der Waals surface area contributed by atoms with Crippen molar-refractivity contribution in [1.29, 1.82) is 0 Å². The minimum absolute atomic E-state index is 0.00464. The second kappa shape index (κ2) is 8.49. The minimum Gasteiger partial charge on any atom is -0.445 e. The van der Waals surface area contributed by atoms with Crippen molar-refractivity contribution in [3.05, 3.63) is 11.8 Å². The first-order valence-electron chi connectivity index (χ1n) is 11.5. The van der Waals surface area contributed by atoms with Gasteiger partial charge in [0.2, 0.25) is 11.9 Å². The molecule has 1 saturated carbocycles. The van der Waals surface area contributed by atoms with Gasteiger partial charge in [0, 0.05) is 37.3 Å². The Balaban J connectivity index is 1.26. The Morgan fingerprint density at radius 2 is 1.90 bits per heavy atom. The second-order valence-corrected chi connectivity index (χ2v) is 9.18. The summed E-state index contributed by atoms with van der Waals surface area (Å²) in [6.07, 6.45) is 6.61. The highest BCUT2D eigenvalue weighted by molar-refractivity contribution is 5.68. The number of nitrogens with zero attached hydrogens (tertiary/aromatic N) is 5. The van der Waals surface area contributed by atoms with Gasteiger partial charge in [-0.25, -0.2) is 4.79 Å². The van der Waals surface area contributed by atoms with Crippen molar-refractivity contribution in [2.75, 3.05) is 36.8 Å². The molecular formula is C21H32N8O2. The van der Waals surface area contributed by atoms with Crippen LogP contribution in [0.1, 0.15) is 57.4 Å². The number of rotatable bonds is 6. The molecule has 2 saturated heterocycles. The average Bonchev–Trinajstić information content (AvgIpc) is 3.23. The molecule has 0 unspecified atom stereocenters. The Kier molecular flexibility index (Phi) is 5.56. The standard InChI is InChI=1S/C21H32N8O2/c1-13(2)17-12-23-29-18(17)26-19(24-14-3-4-14)27-20(29)25-15-6-9-28(10-7-15)21(30)31-16-5-8-22-11-16/h12-16,22H,3-11H2,1-2H3,(H2,24,25,26,27)/t16-/m0/s1. The number of nitrogens with one attached hydrogen (secondary N) is 3. The maximum absolute atomic E-state index is 12.4. The molecule has 0 bridgehead atoms. The van der Waals surface area contributed by atoms with E-state index in [2.05, 4.69) is 34.9 Å². The molecule has 3 aliphatic rings. The van der Waals surface area contributed by atoms with E-state index in [1.165, 1.54) is 12.8 Å². The van der Waals surface area contributed by atoms with E-state index in [0.717, 1.165) is 43.6 Å². The summed E-state index contributed by atoms with van der Waals surface area (Å²) in [6.45, 7) is 7.32. The van der Waals surface area contributed by atoms with Crippen LogP contribution in [0.4, 0.5) is 16.7 Å². The van der Waals surface area contributed by atoms with E-state index in [-0.39, 0.29) is 18.2 Å². The molecule has 0 aromatic carbocycles. The Morgan fingerprint density at radius 1 is 1.13 bits per heavy atom. The lowest BCUT2D eigenvalue weighted by Crippen LogP contribution is -2.44. The number of fused-ring (bicyclic) bond motifs is 1. The van der Waals surface area contributed by atoms with E-state index in [4.69, 9.17) is 14.7 Å². The second-order valence-electron chi connectivity index (χ2n) is 9.18. The van der Waals surface area contributed by atoms with Crippen LogP contribution in [0.2, 0.25) is 0 Å². The van der Waals surface area contributed by atoms with Gasteiger partial charge in [-0.05, 0) is 44.6 Å². The number of carbonyl (C=O) groups is 1. The molecule has 2 aromatic heterocycles. The summed E-state index contributed by atoms with van der Waals surface area (Å²) < 4.78 is 7.41. The van der Waals surface area contributed by atoms with E-state index >= 15 is 0 Å². The maximum atomic E-state index is 12.4. The van der Waals surface area contributed by atoms with Crippen molar-refractivity contribution in [2.45, 2.75) is 70.1 Å². The number of carbonyl (C=O) groups excluding carboxylic acids is 1. The SMILES string of the molecule is CC(C)c1cnn2c(NC3CCN(C(=O)O[C@H]4CCNC4)CC3)nc(NC3CC3)nc12. The predicted molar refractivity (Wildman–Crippen MR) is 117 cm³/mol. The highest BCUT2D eigenvalue weighted by Gasteiger charge is 2.28. The lowest BCUT2D eigenvalue weighted by atomic mass is 10.1. The largest absolute Gasteiger partial charge is 0.445 e. The van der Waals surface area contributed by atoms with Crippen LogP contribution < -0.4 is 16.0 Å². The lowest BCUT2D eigenvalue weighted by Gasteiger charge is -2.32. The molecule has 10 nitrogen and oxygen atoms in total. The summed E-state index contributed by atoms with van der Waals surface area (Å²) in [5.41, 5.74) is 1.96. The number of hydrogen-bond donors (Lipinski definition) is 3. The zero-order chi connectivity index (χ0) is 21.4. The van der Waals surface area contributed by atoms with Crippen molar-refractivity contribution in [3.8, 4) is 0 Å². The van der Waals surface area contributed by atoms with E-state index in [1.807, 2.05) is 11.1 Å². The third-order valence-electron chi connectivity index (χ3n) is 6.30. The third kappa shape index (κ3) is 4.53. The number of likely N-dealkylation sites (tertiary alicyclic amines) is 1. The Labute approximate surface area is 182 Å². The van der Waals surface area contributed by atoms with Crippen LogP contribution in [0.5, 0.6) is 0 Å². The highest BCUT2D eigenvalue weighted by atomic mass is 16.6. The van der Waals surface area contributed by atoms with Crippen LogP contribution in [0.3, 0.4) is 0 Å². The molecule has 168 valence electrons. The van der Waals surface area contributed by atoms with Crippen molar-refractivity contribution < 1.29 is 9.53 Å². The summed E-state index contributed by atoms with van der Waals surface area (Å²) in [4.78, 5) is 23.7. The van der Waals surface area contributed by atoms with Gasteiger partial charge in [0.05, 0.1) is 6.20 Å². The fourth-order valence-corrected chi connectivity index (χ4v) is 4.20. The molecule has 3 fully saturated rings. The van der Waals surface area contributed by atoms with Gasteiger partial charge in [0.1, 0.15) is 6.10 Å². The van der Waals surface area contributed by atoms with Crippen LogP contribution >= 0.6 is 0 Å². The van der Waals surface area contributed by atoms with Crippen molar-refractivity contribution in [1.82, 2.24) is 29.8 Å². The molecule has 0 radical (unpaired) electrons. The maximum Gasteiger partial charge on any atom is 0.410 e. The quantitative estimate of drug-likeness (QED) is 0.643. The van der Waals surface area contributed by atoms with E-state index in [0.29, 0.717) is 36.9 Å². The van der Waals surface area contributed by atoms with Crippen molar-refractivity contribution in [2.24, 2.45) is 0 Å². The topological polar surface area (TPSA) is 109 Å². The molecule has 3 N–H and O–H groups in total. The Bertz CT molecular complexity index is 927. The zero-order valence-corrected chi connectivity index (χ0v) is 18.3. The fourth-order valence-electron chi connectivity index (χ4n) is 4.20. The first-order valence-corrected chi connectivity index (χ1v) is 11.5. The molecule has 2 aromatic rings. The van der Waals surface area contributed by atoms with Gasteiger partial charge in [-0.1, -0.05) is 13.8 Å². The zero-order valence-electron chi connectivity index (χ0n) is 18.3.